The van der Waals surface area contributed by atoms with Crippen LogP contribution in [0.4, 0.5) is 5.00 Å². The van der Waals surface area contributed by atoms with E-state index in [4.69, 9.17) is 4.74 Å². The molecule has 1 amide bonds. The maximum Gasteiger partial charge on any atom is 0.338 e. The molecule has 0 fully saturated rings. The summed E-state index contributed by atoms with van der Waals surface area (Å²) in [6.07, 6.45) is 5.98. The van der Waals surface area contributed by atoms with Gasteiger partial charge in [-0.15, -0.1) is 11.3 Å². The second kappa shape index (κ2) is 9.95. The maximum absolute atomic E-state index is 12.5. The highest BCUT2D eigenvalue weighted by Crippen LogP contribution is 2.42. The smallest absolute Gasteiger partial charge is 0.338 e. The van der Waals surface area contributed by atoms with Gasteiger partial charge in [-0.05, 0) is 48.4 Å². The Bertz CT molecular complexity index is 1390. The SMILES string of the molecule is N#Cc1c(NC(=O)COC(=O)c2ccc(-c3ncc[nH]3)cc2)sc2c1CCC(c1ccccc1)C2. The van der Waals surface area contributed by atoms with Crippen LogP contribution in [0.15, 0.2) is 67.0 Å². The van der Waals surface area contributed by atoms with Gasteiger partial charge in [-0.1, -0.05) is 42.5 Å². The third-order valence-electron chi connectivity index (χ3n) is 6.13. The van der Waals surface area contributed by atoms with Gasteiger partial charge in [0.2, 0.25) is 0 Å². The number of benzene rings is 2. The molecular weight excluding hydrogens is 460 g/mol. The first kappa shape index (κ1) is 22.6. The zero-order chi connectivity index (χ0) is 24.2. The number of ether oxygens (including phenoxy) is 1. The Balaban J connectivity index is 1.21. The number of nitrogens with one attached hydrogen (secondary N) is 2. The lowest BCUT2D eigenvalue weighted by atomic mass is 9.83. The minimum absolute atomic E-state index is 0.337. The number of aromatic nitrogens is 2. The summed E-state index contributed by atoms with van der Waals surface area (Å²) in [5.74, 6) is 0.0342. The number of H-pyrrole nitrogens is 1. The first-order valence-electron chi connectivity index (χ1n) is 11.3. The van der Waals surface area contributed by atoms with Gasteiger partial charge >= 0.3 is 5.97 Å². The van der Waals surface area contributed by atoms with Crippen molar-refractivity contribution in [3.63, 3.8) is 0 Å². The maximum atomic E-state index is 12.5. The van der Waals surface area contributed by atoms with Gasteiger partial charge in [-0.2, -0.15) is 5.26 Å². The van der Waals surface area contributed by atoms with Crippen LogP contribution >= 0.6 is 11.3 Å². The van der Waals surface area contributed by atoms with Crippen molar-refractivity contribution in [1.82, 2.24) is 9.97 Å². The first-order chi connectivity index (χ1) is 17.1. The van der Waals surface area contributed by atoms with E-state index in [0.717, 1.165) is 35.3 Å². The highest BCUT2D eigenvalue weighted by atomic mass is 32.1. The van der Waals surface area contributed by atoms with E-state index in [9.17, 15) is 14.9 Å². The Kier molecular flexibility index (Phi) is 6.42. The molecular formula is C27H22N4O3S. The number of carbonyl (C=O) groups is 2. The second-order valence-corrected chi connectivity index (χ2v) is 9.41. The molecule has 1 aliphatic carbocycles. The van der Waals surface area contributed by atoms with Crippen molar-refractivity contribution in [1.29, 1.82) is 5.26 Å². The van der Waals surface area contributed by atoms with Crippen molar-refractivity contribution in [2.45, 2.75) is 25.2 Å². The van der Waals surface area contributed by atoms with Gasteiger partial charge in [0.05, 0.1) is 11.1 Å². The van der Waals surface area contributed by atoms with Gasteiger partial charge in [0.1, 0.15) is 16.9 Å². The van der Waals surface area contributed by atoms with E-state index in [0.29, 0.717) is 27.9 Å². The van der Waals surface area contributed by atoms with Crippen LogP contribution < -0.4 is 5.32 Å². The molecule has 1 aliphatic rings. The standard InChI is InChI=1S/C27H22N4O3S/c28-15-22-21-11-10-20(17-4-2-1-3-5-17)14-23(21)35-26(22)31-24(32)16-34-27(33)19-8-6-18(7-9-19)25-29-12-13-30-25/h1-9,12-13,20H,10-11,14,16H2,(H,29,30)(H,31,32). The zero-order valence-corrected chi connectivity index (χ0v) is 19.6. The number of hydrogen-bond donors (Lipinski definition) is 2. The molecule has 0 saturated carbocycles. The Morgan fingerprint density at radius 2 is 1.97 bits per heavy atom. The number of hydrogen-bond acceptors (Lipinski definition) is 6. The third-order valence-corrected chi connectivity index (χ3v) is 7.30. The molecule has 2 aromatic carbocycles. The number of esters is 1. The fourth-order valence-corrected chi connectivity index (χ4v) is 5.66. The van der Waals surface area contributed by atoms with E-state index < -0.39 is 18.5 Å². The van der Waals surface area contributed by atoms with E-state index in [1.807, 2.05) is 18.2 Å². The van der Waals surface area contributed by atoms with Crippen LogP contribution in [0, 0.1) is 11.3 Å². The van der Waals surface area contributed by atoms with Crippen molar-refractivity contribution >= 4 is 28.2 Å². The number of amides is 1. The van der Waals surface area contributed by atoms with Gasteiger partial charge in [0.15, 0.2) is 6.61 Å². The van der Waals surface area contributed by atoms with E-state index in [-0.39, 0.29) is 0 Å². The number of nitriles is 1. The molecule has 0 radical (unpaired) electrons. The minimum atomic E-state index is -0.595. The van der Waals surface area contributed by atoms with Crippen LogP contribution in [0.25, 0.3) is 11.4 Å². The number of rotatable bonds is 6. The number of nitrogens with zero attached hydrogens (tertiary/aromatic N) is 2. The highest BCUT2D eigenvalue weighted by molar-refractivity contribution is 7.16. The molecule has 7 nitrogen and oxygen atoms in total. The summed E-state index contributed by atoms with van der Waals surface area (Å²) in [5.41, 5.74) is 4.01. The average molecular weight is 483 g/mol. The molecule has 8 heteroatoms. The summed E-state index contributed by atoms with van der Waals surface area (Å²) < 4.78 is 5.19. The number of carbonyl (C=O) groups excluding carboxylic acids is 2. The van der Waals surface area contributed by atoms with Crippen LogP contribution in [0.1, 0.15) is 44.3 Å². The summed E-state index contributed by atoms with van der Waals surface area (Å²) in [5, 5.41) is 13.0. The van der Waals surface area contributed by atoms with Gasteiger partial charge in [-0.25, -0.2) is 9.78 Å². The normalized spacial score (nSPS) is 14.5. The molecule has 1 atom stereocenters. The zero-order valence-electron chi connectivity index (χ0n) is 18.8. The van der Waals surface area contributed by atoms with Gasteiger partial charge in [0.25, 0.3) is 5.91 Å². The lowest BCUT2D eigenvalue weighted by Crippen LogP contribution is -2.20. The van der Waals surface area contributed by atoms with Gasteiger partial charge in [-0.3, -0.25) is 4.79 Å². The average Bonchev–Trinajstić information content (AvgIpc) is 3.55. The van der Waals surface area contributed by atoms with Crippen LogP contribution in [0.3, 0.4) is 0 Å². The Morgan fingerprint density at radius 3 is 2.69 bits per heavy atom. The molecule has 4 aromatic rings. The van der Waals surface area contributed by atoms with Crippen molar-refractivity contribution in [3.8, 4) is 17.5 Å². The molecule has 5 rings (SSSR count). The molecule has 2 aromatic heterocycles. The molecule has 0 spiro atoms. The van der Waals surface area contributed by atoms with Crippen molar-refractivity contribution in [2.24, 2.45) is 0 Å². The third kappa shape index (κ3) is 4.86. The molecule has 1 unspecified atom stereocenters. The summed E-state index contributed by atoms with van der Waals surface area (Å²) in [6.45, 7) is -0.432. The van der Waals surface area contributed by atoms with Gasteiger partial charge < -0.3 is 15.0 Å². The van der Waals surface area contributed by atoms with Crippen LogP contribution in [0.2, 0.25) is 0 Å². The number of thiophene rings is 1. The number of anilines is 1. The highest BCUT2D eigenvalue weighted by Gasteiger charge is 2.27. The number of imidazole rings is 1. The molecule has 0 bridgehead atoms. The summed E-state index contributed by atoms with van der Waals surface area (Å²) in [7, 11) is 0. The number of fused-ring (bicyclic) bond motifs is 1. The molecule has 2 N–H and O–H groups in total. The first-order valence-corrected chi connectivity index (χ1v) is 12.1. The Labute approximate surface area is 206 Å². The predicted molar refractivity (Wildman–Crippen MR) is 133 cm³/mol. The van der Waals surface area contributed by atoms with E-state index >= 15 is 0 Å². The summed E-state index contributed by atoms with van der Waals surface area (Å²) in [4.78, 5) is 33.2. The topological polar surface area (TPSA) is 108 Å². The Morgan fingerprint density at radius 1 is 1.17 bits per heavy atom. The fourth-order valence-electron chi connectivity index (χ4n) is 4.37. The predicted octanol–water partition coefficient (Wildman–Crippen LogP) is 5.08. The molecule has 174 valence electrons. The molecule has 2 heterocycles. The number of aromatic amines is 1. The van der Waals surface area contributed by atoms with Crippen molar-refractivity contribution in [3.05, 3.63) is 94.1 Å². The van der Waals surface area contributed by atoms with Crippen molar-refractivity contribution in [2.75, 3.05) is 11.9 Å². The van der Waals surface area contributed by atoms with E-state index in [1.165, 1.54) is 16.9 Å². The van der Waals surface area contributed by atoms with Crippen LogP contribution in [-0.2, 0) is 22.4 Å². The van der Waals surface area contributed by atoms with Crippen molar-refractivity contribution < 1.29 is 14.3 Å². The quantitative estimate of drug-likeness (QED) is 0.373. The Hall–Kier alpha value is -4.22. The molecule has 0 aliphatic heterocycles. The lowest BCUT2D eigenvalue weighted by molar-refractivity contribution is -0.119. The monoisotopic (exact) mass is 482 g/mol. The molecule has 0 saturated heterocycles. The van der Waals surface area contributed by atoms with E-state index in [2.05, 4.69) is 33.5 Å². The second-order valence-electron chi connectivity index (χ2n) is 8.31. The summed E-state index contributed by atoms with van der Waals surface area (Å²) >= 11 is 1.44. The fraction of sp³-hybridized carbons (Fsp3) is 0.185. The largest absolute Gasteiger partial charge is 0.452 e. The van der Waals surface area contributed by atoms with Crippen LogP contribution in [0.5, 0.6) is 0 Å². The van der Waals surface area contributed by atoms with Gasteiger partial charge in [0, 0.05) is 22.8 Å². The van der Waals surface area contributed by atoms with Crippen LogP contribution in [-0.4, -0.2) is 28.5 Å². The summed E-state index contributed by atoms with van der Waals surface area (Å²) in [6, 6.07) is 19.4. The lowest BCUT2D eigenvalue weighted by Gasteiger charge is -2.22. The van der Waals surface area contributed by atoms with E-state index in [1.54, 1.807) is 36.7 Å². The molecule has 35 heavy (non-hydrogen) atoms. The minimum Gasteiger partial charge on any atom is -0.452 e.